The van der Waals surface area contributed by atoms with E-state index in [1.54, 1.807) is 0 Å². The molecular formula is C15H19N3. The van der Waals surface area contributed by atoms with Crippen LogP contribution in [0.2, 0.25) is 0 Å². The highest BCUT2D eigenvalue weighted by molar-refractivity contribution is 5.37. The number of nitrogens with zero attached hydrogens (tertiary/aromatic N) is 1. The van der Waals surface area contributed by atoms with Crippen molar-refractivity contribution >= 4 is 0 Å². The quantitative estimate of drug-likeness (QED) is 0.639. The molecule has 0 saturated carbocycles. The number of benzene rings is 1. The highest BCUT2D eigenvalue weighted by Crippen LogP contribution is 2.25. The summed E-state index contributed by atoms with van der Waals surface area (Å²) in [5.41, 5.74) is 7.51. The van der Waals surface area contributed by atoms with Crippen molar-refractivity contribution in [3.8, 4) is 0 Å². The second kappa shape index (κ2) is 5.76. The van der Waals surface area contributed by atoms with Crippen LogP contribution in [0.4, 0.5) is 0 Å². The Morgan fingerprint density at radius 2 is 2.00 bits per heavy atom. The summed E-state index contributed by atoms with van der Waals surface area (Å²) in [6, 6.07) is 12.3. The van der Waals surface area contributed by atoms with Crippen LogP contribution in [0.15, 0.2) is 42.6 Å². The van der Waals surface area contributed by atoms with Crippen molar-refractivity contribution in [2.24, 2.45) is 5.84 Å². The monoisotopic (exact) mass is 241 g/mol. The van der Waals surface area contributed by atoms with Crippen molar-refractivity contribution in [3.05, 3.63) is 65.0 Å². The molecule has 3 nitrogen and oxygen atoms in total. The van der Waals surface area contributed by atoms with E-state index in [1.807, 2.05) is 24.4 Å². The van der Waals surface area contributed by atoms with E-state index in [1.165, 1.54) is 16.7 Å². The summed E-state index contributed by atoms with van der Waals surface area (Å²) in [5, 5.41) is 0. The molecule has 1 heterocycles. The molecule has 18 heavy (non-hydrogen) atoms. The summed E-state index contributed by atoms with van der Waals surface area (Å²) in [6.07, 6.45) is 2.77. The molecule has 0 aliphatic heterocycles. The van der Waals surface area contributed by atoms with Crippen LogP contribution in [0.25, 0.3) is 0 Å². The minimum atomic E-state index is -0.0534. The molecule has 0 saturated heterocycles. The zero-order valence-electron chi connectivity index (χ0n) is 10.9. The van der Waals surface area contributed by atoms with Gasteiger partial charge in [0.15, 0.2) is 0 Å². The zero-order valence-corrected chi connectivity index (χ0v) is 10.9. The average molecular weight is 241 g/mol. The molecule has 1 unspecified atom stereocenters. The minimum absolute atomic E-state index is 0.0534. The Kier molecular flexibility index (Phi) is 4.07. The van der Waals surface area contributed by atoms with E-state index in [-0.39, 0.29) is 6.04 Å². The summed E-state index contributed by atoms with van der Waals surface area (Å²) < 4.78 is 0. The van der Waals surface area contributed by atoms with E-state index in [2.05, 4.69) is 42.5 Å². The molecule has 1 aromatic heterocycles. The van der Waals surface area contributed by atoms with E-state index in [0.717, 1.165) is 12.1 Å². The molecule has 3 heteroatoms. The lowest BCUT2D eigenvalue weighted by Crippen LogP contribution is -2.30. The number of pyridine rings is 1. The standard InChI is InChI=1S/C15H19N3/c1-3-12-8-6-10-17-14(12)15(18-16)13-9-5-4-7-11(13)2/h4-10,15,18H,3,16H2,1-2H3. The van der Waals surface area contributed by atoms with Crippen LogP contribution in [-0.4, -0.2) is 4.98 Å². The van der Waals surface area contributed by atoms with Gasteiger partial charge in [0.05, 0.1) is 11.7 Å². The first kappa shape index (κ1) is 12.7. The fourth-order valence-corrected chi connectivity index (χ4v) is 2.24. The van der Waals surface area contributed by atoms with Crippen LogP contribution in [0, 0.1) is 6.92 Å². The number of aromatic nitrogens is 1. The first-order valence-corrected chi connectivity index (χ1v) is 6.23. The summed E-state index contributed by atoms with van der Waals surface area (Å²) in [6.45, 7) is 4.22. The van der Waals surface area contributed by atoms with E-state index in [4.69, 9.17) is 5.84 Å². The van der Waals surface area contributed by atoms with Crippen LogP contribution >= 0.6 is 0 Å². The molecule has 0 fully saturated rings. The van der Waals surface area contributed by atoms with Crippen LogP contribution in [0.3, 0.4) is 0 Å². The predicted molar refractivity (Wildman–Crippen MR) is 74.0 cm³/mol. The number of hydrogen-bond donors (Lipinski definition) is 2. The van der Waals surface area contributed by atoms with Crippen LogP contribution in [-0.2, 0) is 6.42 Å². The van der Waals surface area contributed by atoms with Gasteiger partial charge in [-0.15, -0.1) is 0 Å². The van der Waals surface area contributed by atoms with Gasteiger partial charge in [0.1, 0.15) is 0 Å². The van der Waals surface area contributed by atoms with E-state index >= 15 is 0 Å². The highest BCUT2D eigenvalue weighted by atomic mass is 15.2. The molecule has 0 bridgehead atoms. The van der Waals surface area contributed by atoms with Crippen molar-refractivity contribution in [2.75, 3.05) is 0 Å². The lowest BCUT2D eigenvalue weighted by molar-refractivity contribution is 0.611. The van der Waals surface area contributed by atoms with Crippen molar-refractivity contribution < 1.29 is 0 Å². The molecule has 3 N–H and O–H groups in total. The van der Waals surface area contributed by atoms with Crippen LogP contribution in [0.5, 0.6) is 0 Å². The molecule has 2 rings (SSSR count). The molecule has 0 spiro atoms. The number of hydrogen-bond acceptors (Lipinski definition) is 3. The van der Waals surface area contributed by atoms with Gasteiger partial charge in [0.25, 0.3) is 0 Å². The molecular weight excluding hydrogens is 222 g/mol. The van der Waals surface area contributed by atoms with Gasteiger partial charge in [-0.25, -0.2) is 5.43 Å². The Balaban J connectivity index is 2.49. The Morgan fingerprint density at radius 1 is 1.22 bits per heavy atom. The SMILES string of the molecule is CCc1cccnc1C(NN)c1ccccc1C. The number of nitrogens with one attached hydrogen (secondary N) is 1. The van der Waals surface area contributed by atoms with E-state index in [0.29, 0.717) is 0 Å². The lowest BCUT2D eigenvalue weighted by atomic mass is 9.95. The second-order valence-corrected chi connectivity index (χ2v) is 4.36. The molecule has 0 aliphatic rings. The average Bonchev–Trinajstić information content (AvgIpc) is 2.42. The zero-order chi connectivity index (χ0) is 13.0. The minimum Gasteiger partial charge on any atom is -0.271 e. The fraction of sp³-hybridized carbons (Fsp3) is 0.267. The van der Waals surface area contributed by atoms with Gasteiger partial charge in [-0.2, -0.15) is 0 Å². The van der Waals surface area contributed by atoms with Crippen molar-refractivity contribution in [1.29, 1.82) is 0 Å². The Hall–Kier alpha value is -1.71. The number of hydrazine groups is 1. The largest absolute Gasteiger partial charge is 0.271 e. The Bertz CT molecular complexity index is 523. The van der Waals surface area contributed by atoms with Gasteiger partial charge >= 0.3 is 0 Å². The van der Waals surface area contributed by atoms with Gasteiger partial charge in [-0.3, -0.25) is 10.8 Å². The third-order valence-corrected chi connectivity index (χ3v) is 3.25. The first-order chi connectivity index (χ1) is 8.77. The maximum Gasteiger partial charge on any atom is 0.0886 e. The predicted octanol–water partition coefficient (Wildman–Crippen LogP) is 2.51. The van der Waals surface area contributed by atoms with E-state index in [9.17, 15) is 0 Å². The maximum atomic E-state index is 5.74. The molecule has 0 radical (unpaired) electrons. The van der Waals surface area contributed by atoms with E-state index < -0.39 is 0 Å². The van der Waals surface area contributed by atoms with Crippen molar-refractivity contribution in [1.82, 2.24) is 10.4 Å². The Morgan fingerprint density at radius 3 is 2.67 bits per heavy atom. The van der Waals surface area contributed by atoms with Crippen LogP contribution in [0.1, 0.15) is 35.3 Å². The fourth-order valence-electron chi connectivity index (χ4n) is 2.24. The molecule has 1 atom stereocenters. The summed E-state index contributed by atoms with van der Waals surface area (Å²) in [5.74, 6) is 5.74. The molecule has 0 amide bonds. The van der Waals surface area contributed by atoms with Gasteiger partial charge in [0, 0.05) is 6.20 Å². The number of rotatable bonds is 4. The van der Waals surface area contributed by atoms with Gasteiger partial charge in [0.2, 0.25) is 0 Å². The maximum absolute atomic E-state index is 5.74. The third kappa shape index (κ3) is 2.42. The topological polar surface area (TPSA) is 50.9 Å². The van der Waals surface area contributed by atoms with Gasteiger partial charge in [-0.1, -0.05) is 37.3 Å². The molecule has 2 aromatic rings. The van der Waals surface area contributed by atoms with Crippen molar-refractivity contribution in [3.63, 3.8) is 0 Å². The highest BCUT2D eigenvalue weighted by Gasteiger charge is 2.18. The Labute approximate surface area is 108 Å². The molecule has 94 valence electrons. The van der Waals surface area contributed by atoms with Crippen LogP contribution < -0.4 is 11.3 Å². The first-order valence-electron chi connectivity index (χ1n) is 6.23. The van der Waals surface area contributed by atoms with Gasteiger partial charge in [-0.05, 0) is 36.1 Å². The normalized spacial score (nSPS) is 12.4. The molecule has 0 aliphatic carbocycles. The third-order valence-electron chi connectivity index (χ3n) is 3.25. The number of aryl methyl sites for hydroxylation is 2. The summed E-state index contributed by atoms with van der Waals surface area (Å²) >= 11 is 0. The van der Waals surface area contributed by atoms with Gasteiger partial charge < -0.3 is 0 Å². The summed E-state index contributed by atoms with van der Waals surface area (Å²) in [7, 11) is 0. The molecule has 1 aromatic carbocycles. The smallest absolute Gasteiger partial charge is 0.0886 e. The lowest BCUT2D eigenvalue weighted by Gasteiger charge is -2.20. The van der Waals surface area contributed by atoms with Crippen molar-refractivity contribution in [2.45, 2.75) is 26.3 Å². The second-order valence-electron chi connectivity index (χ2n) is 4.36. The summed E-state index contributed by atoms with van der Waals surface area (Å²) in [4.78, 5) is 4.50. The number of nitrogens with two attached hydrogens (primary N) is 1.